The number of nitrogens with zero attached hydrogens (tertiary/aromatic N) is 5. The SMILES string of the molecule is Cc1nc(NCCc2nc3c(s2)CCC3)c2cnn(C)c2n1. The second kappa shape index (κ2) is 5.31. The monoisotopic (exact) mass is 314 g/mol. The molecule has 22 heavy (non-hydrogen) atoms. The van der Waals surface area contributed by atoms with E-state index in [0.29, 0.717) is 0 Å². The number of thiazole rings is 1. The number of hydrogen-bond donors (Lipinski definition) is 1. The first kappa shape index (κ1) is 13.6. The maximum absolute atomic E-state index is 4.74. The van der Waals surface area contributed by atoms with Crippen LogP contribution in [0.3, 0.4) is 0 Å². The van der Waals surface area contributed by atoms with Crippen LogP contribution in [0.4, 0.5) is 5.82 Å². The van der Waals surface area contributed by atoms with Gasteiger partial charge in [0.05, 0.1) is 22.3 Å². The van der Waals surface area contributed by atoms with Crippen LogP contribution in [0.25, 0.3) is 11.0 Å². The van der Waals surface area contributed by atoms with Crippen molar-refractivity contribution in [3.05, 3.63) is 27.6 Å². The van der Waals surface area contributed by atoms with Crippen LogP contribution in [0.15, 0.2) is 6.20 Å². The smallest absolute Gasteiger partial charge is 0.163 e. The molecule has 1 aliphatic carbocycles. The van der Waals surface area contributed by atoms with Crippen molar-refractivity contribution in [1.82, 2.24) is 24.7 Å². The van der Waals surface area contributed by atoms with Gasteiger partial charge in [-0.3, -0.25) is 4.68 Å². The summed E-state index contributed by atoms with van der Waals surface area (Å²) in [6.45, 7) is 2.73. The molecule has 0 aliphatic heterocycles. The number of nitrogens with one attached hydrogen (secondary N) is 1. The van der Waals surface area contributed by atoms with Crippen molar-refractivity contribution >= 4 is 28.2 Å². The zero-order valence-electron chi connectivity index (χ0n) is 12.8. The van der Waals surface area contributed by atoms with E-state index in [0.717, 1.165) is 42.1 Å². The molecule has 1 aliphatic rings. The Hall–Kier alpha value is -2.02. The van der Waals surface area contributed by atoms with E-state index in [1.165, 1.54) is 28.4 Å². The summed E-state index contributed by atoms with van der Waals surface area (Å²) in [5.74, 6) is 1.62. The van der Waals surface area contributed by atoms with E-state index in [9.17, 15) is 0 Å². The van der Waals surface area contributed by atoms with Crippen molar-refractivity contribution in [2.45, 2.75) is 32.6 Å². The van der Waals surface area contributed by atoms with Gasteiger partial charge in [0.15, 0.2) is 5.65 Å². The summed E-state index contributed by atoms with van der Waals surface area (Å²) in [4.78, 5) is 15.2. The quantitative estimate of drug-likeness (QED) is 0.800. The van der Waals surface area contributed by atoms with Crippen LogP contribution in [0.5, 0.6) is 0 Å². The molecule has 0 unspecified atom stereocenters. The highest BCUT2D eigenvalue weighted by Gasteiger charge is 2.16. The molecule has 3 aromatic heterocycles. The minimum atomic E-state index is 0.756. The third-order valence-corrected chi connectivity index (χ3v) is 5.19. The molecule has 0 saturated carbocycles. The molecule has 1 N–H and O–H groups in total. The number of aromatic nitrogens is 5. The summed E-state index contributed by atoms with van der Waals surface area (Å²) < 4.78 is 1.78. The number of anilines is 1. The van der Waals surface area contributed by atoms with Crippen LogP contribution in [0.1, 0.15) is 27.8 Å². The summed E-state index contributed by atoms with van der Waals surface area (Å²) in [5.41, 5.74) is 2.19. The zero-order valence-corrected chi connectivity index (χ0v) is 13.6. The predicted octanol–water partition coefficient (Wildman–Crippen LogP) is 2.27. The molecule has 0 saturated heterocycles. The van der Waals surface area contributed by atoms with Crippen LogP contribution in [0, 0.1) is 6.92 Å². The lowest BCUT2D eigenvalue weighted by Gasteiger charge is -2.06. The van der Waals surface area contributed by atoms with Crippen molar-refractivity contribution in [3.8, 4) is 0 Å². The fourth-order valence-corrected chi connectivity index (χ4v) is 4.06. The van der Waals surface area contributed by atoms with Crippen LogP contribution >= 0.6 is 11.3 Å². The first-order valence-corrected chi connectivity index (χ1v) is 8.40. The summed E-state index contributed by atoms with van der Waals surface area (Å²) in [7, 11) is 1.90. The molecular formula is C15H18N6S. The highest BCUT2D eigenvalue weighted by Crippen LogP contribution is 2.27. The second-order valence-corrected chi connectivity index (χ2v) is 6.80. The van der Waals surface area contributed by atoms with E-state index in [1.807, 2.05) is 31.5 Å². The third-order valence-electron chi connectivity index (χ3n) is 3.98. The van der Waals surface area contributed by atoms with E-state index in [4.69, 9.17) is 4.98 Å². The van der Waals surface area contributed by atoms with Crippen molar-refractivity contribution in [2.75, 3.05) is 11.9 Å². The Morgan fingerprint density at radius 3 is 3.05 bits per heavy atom. The van der Waals surface area contributed by atoms with Gasteiger partial charge in [-0.15, -0.1) is 11.3 Å². The summed E-state index contributed by atoms with van der Waals surface area (Å²) in [6, 6.07) is 0. The fraction of sp³-hybridized carbons (Fsp3) is 0.467. The number of aryl methyl sites for hydroxylation is 4. The largest absolute Gasteiger partial charge is 0.369 e. The van der Waals surface area contributed by atoms with Gasteiger partial charge in [-0.1, -0.05) is 0 Å². The molecule has 0 bridgehead atoms. The molecule has 4 rings (SSSR count). The molecule has 0 aromatic carbocycles. The molecule has 7 heteroatoms. The lowest BCUT2D eigenvalue weighted by Crippen LogP contribution is -2.08. The van der Waals surface area contributed by atoms with Crippen LogP contribution in [-0.4, -0.2) is 31.3 Å². The van der Waals surface area contributed by atoms with Crippen molar-refractivity contribution in [1.29, 1.82) is 0 Å². The lowest BCUT2D eigenvalue weighted by molar-refractivity contribution is 0.783. The summed E-state index contributed by atoms with van der Waals surface area (Å²) >= 11 is 1.87. The molecule has 0 atom stereocenters. The molecule has 0 spiro atoms. The third kappa shape index (κ3) is 2.35. The number of fused-ring (bicyclic) bond motifs is 2. The van der Waals surface area contributed by atoms with Gasteiger partial charge in [-0.05, 0) is 26.2 Å². The van der Waals surface area contributed by atoms with Gasteiger partial charge in [-0.25, -0.2) is 15.0 Å². The molecule has 3 heterocycles. The number of hydrogen-bond acceptors (Lipinski definition) is 6. The topological polar surface area (TPSA) is 68.5 Å². The van der Waals surface area contributed by atoms with E-state index in [1.54, 1.807) is 4.68 Å². The molecule has 3 aromatic rings. The molecular weight excluding hydrogens is 296 g/mol. The van der Waals surface area contributed by atoms with Crippen molar-refractivity contribution < 1.29 is 0 Å². The minimum Gasteiger partial charge on any atom is -0.369 e. The van der Waals surface area contributed by atoms with E-state index in [-0.39, 0.29) is 0 Å². The van der Waals surface area contributed by atoms with Crippen LogP contribution in [-0.2, 0) is 26.3 Å². The number of rotatable bonds is 4. The molecule has 0 amide bonds. The fourth-order valence-electron chi connectivity index (χ4n) is 2.90. The molecule has 0 fully saturated rings. The Balaban J connectivity index is 1.49. The maximum Gasteiger partial charge on any atom is 0.163 e. The Morgan fingerprint density at radius 2 is 2.18 bits per heavy atom. The molecule has 114 valence electrons. The molecule has 0 radical (unpaired) electrons. The first-order chi connectivity index (χ1) is 10.7. The van der Waals surface area contributed by atoms with Gasteiger partial charge in [0.25, 0.3) is 0 Å². The summed E-state index contributed by atoms with van der Waals surface area (Å²) in [6.07, 6.45) is 6.38. The van der Waals surface area contributed by atoms with E-state index < -0.39 is 0 Å². The minimum absolute atomic E-state index is 0.756. The van der Waals surface area contributed by atoms with Crippen LogP contribution in [0.2, 0.25) is 0 Å². The highest BCUT2D eigenvalue weighted by molar-refractivity contribution is 7.11. The zero-order chi connectivity index (χ0) is 15.1. The summed E-state index contributed by atoms with van der Waals surface area (Å²) in [5, 5.41) is 9.87. The van der Waals surface area contributed by atoms with Crippen LogP contribution < -0.4 is 5.32 Å². The van der Waals surface area contributed by atoms with E-state index in [2.05, 4.69) is 20.4 Å². The highest BCUT2D eigenvalue weighted by atomic mass is 32.1. The standard InChI is InChI=1S/C15H18N6S/c1-9-18-14(10-8-17-21(2)15(10)19-9)16-7-6-13-20-11-4-3-5-12(11)22-13/h8H,3-7H2,1-2H3,(H,16,18,19). The van der Waals surface area contributed by atoms with Gasteiger partial charge in [0.1, 0.15) is 11.6 Å². The predicted molar refractivity (Wildman–Crippen MR) is 87.4 cm³/mol. The molecule has 6 nitrogen and oxygen atoms in total. The second-order valence-electron chi connectivity index (χ2n) is 5.63. The van der Waals surface area contributed by atoms with Gasteiger partial charge in [-0.2, -0.15) is 5.10 Å². The Bertz CT molecular complexity index is 813. The van der Waals surface area contributed by atoms with E-state index >= 15 is 0 Å². The average molecular weight is 314 g/mol. The Labute approximate surface area is 132 Å². The lowest BCUT2D eigenvalue weighted by atomic mass is 10.3. The van der Waals surface area contributed by atoms with Gasteiger partial charge >= 0.3 is 0 Å². The van der Waals surface area contributed by atoms with Gasteiger partial charge in [0, 0.05) is 24.9 Å². The van der Waals surface area contributed by atoms with Gasteiger partial charge in [0.2, 0.25) is 0 Å². The van der Waals surface area contributed by atoms with Crippen molar-refractivity contribution in [2.24, 2.45) is 7.05 Å². The Kier molecular flexibility index (Phi) is 3.29. The van der Waals surface area contributed by atoms with Crippen molar-refractivity contribution in [3.63, 3.8) is 0 Å². The maximum atomic E-state index is 4.74. The Morgan fingerprint density at radius 1 is 1.27 bits per heavy atom. The first-order valence-electron chi connectivity index (χ1n) is 7.58. The van der Waals surface area contributed by atoms with Gasteiger partial charge < -0.3 is 5.32 Å². The average Bonchev–Trinajstić information content (AvgIpc) is 3.14. The normalized spacial score (nSPS) is 13.7.